The molecular weight excluding hydrogens is 359 g/mol. The van der Waals surface area contributed by atoms with Gasteiger partial charge in [-0.3, -0.25) is 4.79 Å². The number of carbonyl (C=O) groups excluding carboxylic acids is 1. The SMILES string of the molecule is CCOc1cccc2c1cc(C(=O)NCCCOC)n2Cc1cccc(F)c1. The summed E-state index contributed by atoms with van der Waals surface area (Å²) in [6, 6.07) is 14.0. The molecule has 0 bridgehead atoms. The number of fused-ring (bicyclic) bond motifs is 1. The fraction of sp³-hybridized carbons (Fsp3) is 0.318. The molecule has 3 aromatic rings. The fourth-order valence-electron chi connectivity index (χ4n) is 3.22. The molecule has 0 spiro atoms. The average molecular weight is 384 g/mol. The van der Waals surface area contributed by atoms with Crippen LogP contribution in [0.2, 0.25) is 0 Å². The van der Waals surface area contributed by atoms with Gasteiger partial charge < -0.3 is 19.4 Å². The third-order valence-electron chi connectivity index (χ3n) is 4.48. The Labute approximate surface area is 164 Å². The minimum Gasteiger partial charge on any atom is -0.493 e. The molecule has 0 fully saturated rings. The number of hydrogen-bond donors (Lipinski definition) is 1. The highest BCUT2D eigenvalue weighted by Crippen LogP contribution is 2.30. The minimum absolute atomic E-state index is 0.175. The van der Waals surface area contributed by atoms with E-state index in [1.165, 1.54) is 12.1 Å². The maximum absolute atomic E-state index is 13.7. The van der Waals surface area contributed by atoms with Crippen LogP contribution in [0, 0.1) is 5.82 Å². The monoisotopic (exact) mass is 384 g/mol. The summed E-state index contributed by atoms with van der Waals surface area (Å²) >= 11 is 0. The first-order valence-electron chi connectivity index (χ1n) is 9.40. The van der Waals surface area contributed by atoms with Crippen LogP contribution in [-0.4, -0.2) is 37.3 Å². The zero-order valence-electron chi connectivity index (χ0n) is 16.2. The van der Waals surface area contributed by atoms with E-state index in [1.54, 1.807) is 13.2 Å². The highest BCUT2D eigenvalue weighted by molar-refractivity contribution is 6.00. The van der Waals surface area contributed by atoms with Crippen LogP contribution < -0.4 is 10.1 Å². The van der Waals surface area contributed by atoms with Gasteiger partial charge in [-0.05, 0) is 49.2 Å². The third-order valence-corrected chi connectivity index (χ3v) is 4.48. The van der Waals surface area contributed by atoms with Crippen LogP contribution in [0.15, 0.2) is 48.5 Å². The molecule has 0 aliphatic heterocycles. The molecular formula is C22H25FN2O3. The molecule has 0 atom stereocenters. The van der Waals surface area contributed by atoms with Crippen molar-refractivity contribution in [1.29, 1.82) is 0 Å². The Hall–Kier alpha value is -2.86. The van der Waals surface area contributed by atoms with E-state index in [0.29, 0.717) is 32.0 Å². The van der Waals surface area contributed by atoms with E-state index in [4.69, 9.17) is 9.47 Å². The maximum Gasteiger partial charge on any atom is 0.267 e. The Morgan fingerprint density at radius 1 is 1.18 bits per heavy atom. The van der Waals surface area contributed by atoms with Crippen LogP contribution in [0.3, 0.4) is 0 Å². The first-order valence-corrected chi connectivity index (χ1v) is 9.40. The molecule has 1 aromatic heterocycles. The van der Waals surface area contributed by atoms with E-state index in [1.807, 2.05) is 41.8 Å². The van der Waals surface area contributed by atoms with E-state index in [2.05, 4.69) is 5.32 Å². The fourth-order valence-corrected chi connectivity index (χ4v) is 3.22. The summed E-state index contributed by atoms with van der Waals surface area (Å²) < 4.78 is 26.3. The predicted molar refractivity (Wildman–Crippen MR) is 107 cm³/mol. The summed E-state index contributed by atoms with van der Waals surface area (Å²) in [4.78, 5) is 12.8. The molecule has 0 aliphatic carbocycles. The highest BCUT2D eigenvalue weighted by atomic mass is 19.1. The Kier molecular flexibility index (Phi) is 6.66. The number of nitrogens with zero attached hydrogens (tertiary/aromatic N) is 1. The third kappa shape index (κ3) is 4.51. The predicted octanol–water partition coefficient (Wildman–Crippen LogP) is 3.99. The number of halogens is 1. The van der Waals surface area contributed by atoms with Crippen molar-refractivity contribution >= 4 is 16.8 Å². The first-order chi connectivity index (χ1) is 13.6. The molecule has 0 saturated carbocycles. The van der Waals surface area contributed by atoms with Crippen LogP contribution in [-0.2, 0) is 11.3 Å². The Morgan fingerprint density at radius 3 is 2.75 bits per heavy atom. The summed E-state index contributed by atoms with van der Waals surface area (Å²) in [5, 5.41) is 3.79. The molecule has 0 radical (unpaired) electrons. The summed E-state index contributed by atoms with van der Waals surface area (Å²) in [5.41, 5.74) is 2.17. The summed E-state index contributed by atoms with van der Waals surface area (Å²) in [7, 11) is 1.63. The number of benzene rings is 2. The zero-order chi connectivity index (χ0) is 19.9. The number of carbonyl (C=O) groups is 1. The van der Waals surface area contributed by atoms with Gasteiger partial charge in [0, 0.05) is 32.2 Å². The van der Waals surface area contributed by atoms with Crippen molar-refractivity contribution in [1.82, 2.24) is 9.88 Å². The first kappa shape index (κ1) is 19.9. The van der Waals surface area contributed by atoms with Gasteiger partial charge in [0.25, 0.3) is 5.91 Å². The van der Waals surface area contributed by atoms with Crippen molar-refractivity contribution in [3.63, 3.8) is 0 Å². The molecule has 2 aromatic carbocycles. The summed E-state index contributed by atoms with van der Waals surface area (Å²) in [5.74, 6) is 0.257. The standard InChI is InChI=1S/C22H25FN2O3/c1-3-28-21-10-5-9-19-18(21)14-20(22(26)24-11-6-12-27-2)25(19)15-16-7-4-8-17(23)13-16/h4-5,7-10,13-14H,3,6,11-12,15H2,1-2H3,(H,24,26). The van der Waals surface area contributed by atoms with Crippen molar-refractivity contribution < 1.29 is 18.7 Å². The van der Waals surface area contributed by atoms with Crippen LogP contribution in [0.4, 0.5) is 4.39 Å². The minimum atomic E-state index is -0.297. The van der Waals surface area contributed by atoms with Crippen molar-refractivity contribution in [2.45, 2.75) is 19.9 Å². The lowest BCUT2D eigenvalue weighted by molar-refractivity contribution is 0.0940. The van der Waals surface area contributed by atoms with Crippen LogP contribution in [0.1, 0.15) is 29.4 Å². The second-order valence-corrected chi connectivity index (χ2v) is 6.47. The number of rotatable bonds is 9. The summed E-state index contributed by atoms with van der Waals surface area (Å²) in [6.45, 7) is 3.95. The van der Waals surface area contributed by atoms with Crippen LogP contribution >= 0.6 is 0 Å². The topological polar surface area (TPSA) is 52.5 Å². The molecule has 0 aliphatic rings. The molecule has 1 amide bonds. The van der Waals surface area contributed by atoms with Gasteiger partial charge in [0.15, 0.2) is 0 Å². The normalized spacial score (nSPS) is 11.0. The number of methoxy groups -OCH3 is 1. The van der Waals surface area contributed by atoms with Crippen LogP contribution in [0.25, 0.3) is 10.9 Å². The number of amides is 1. The quantitative estimate of drug-likeness (QED) is 0.568. The molecule has 6 heteroatoms. The smallest absolute Gasteiger partial charge is 0.267 e. The Balaban J connectivity index is 1.99. The largest absolute Gasteiger partial charge is 0.493 e. The second kappa shape index (κ2) is 9.37. The van der Waals surface area contributed by atoms with Gasteiger partial charge in [0.05, 0.1) is 12.1 Å². The molecule has 0 unspecified atom stereocenters. The van der Waals surface area contributed by atoms with Crippen molar-refractivity contribution in [3.05, 3.63) is 65.6 Å². The van der Waals surface area contributed by atoms with Gasteiger partial charge in [-0.2, -0.15) is 0 Å². The van der Waals surface area contributed by atoms with E-state index in [-0.39, 0.29) is 11.7 Å². The van der Waals surface area contributed by atoms with E-state index in [0.717, 1.165) is 28.6 Å². The molecule has 1 N–H and O–H groups in total. The van der Waals surface area contributed by atoms with E-state index >= 15 is 0 Å². The Bertz CT molecular complexity index is 952. The number of ether oxygens (including phenoxy) is 2. The number of aromatic nitrogens is 1. The van der Waals surface area contributed by atoms with Gasteiger partial charge in [-0.25, -0.2) is 4.39 Å². The summed E-state index contributed by atoms with van der Waals surface area (Å²) in [6.07, 6.45) is 0.733. The lowest BCUT2D eigenvalue weighted by Crippen LogP contribution is -2.27. The van der Waals surface area contributed by atoms with Crippen LogP contribution in [0.5, 0.6) is 5.75 Å². The molecule has 0 saturated heterocycles. The molecule has 148 valence electrons. The molecule has 3 rings (SSSR count). The van der Waals surface area contributed by atoms with Gasteiger partial charge in [-0.1, -0.05) is 18.2 Å². The second-order valence-electron chi connectivity index (χ2n) is 6.47. The molecule has 1 heterocycles. The van der Waals surface area contributed by atoms with Gasteiger partial charge >= 0.3 is 0 Å². The van der Waals surface area contributed by atoms with E-state index in [9.17, 15) is 9.18 Å². The lowest BCUT2D eigenvalue weighted by Gasteiger charge is -2.12. The lowest BCUT2D eigenvalue weighted by atomic mass is 10.2. The Morgan fingerprint density at radius 2 is 2.00 bits per heavy atom. The van der Waals surface area contributed by atoms with Gasteiger partial charge in [0.1, 0.15) is 17.3 Å². The average Bonchev–Trinajstić information content (AvgIpc) is 3.05. The number of nitrogens with one attached hydrogen (secondary N) is 1. The molecule has 5 nitrogen and oxygen atoms in total. The van der Waals surface area contributed by atoms with Gasteiger partial charge in [-0.15, -0.1) is 0 Å². The van der Waals surface area contributed by atoms with Crippen molar-refractivity contribution in [2.24, 2.45) is 0 Å². The van der Waals surface area contributed by atoms with Crippen molar-refractivity contribution in [3.8, 4) is 5.75 Å². The zero-order valence-corrected chi connectivity index (χ0v) is 16.2. The number of hydrogen-bond acceptors (Lipinski definition) is 3. The highest BCUT2D eigenvalue weighted by Gasteiger charge is 2.18. The molecule has 28 heavy (non-hydrogen) atoms. The van der Waals surface area contributed by atoms with E-state index < -0.39 is 0 Å². The maximum atomic E-state index is 13.7. The van der Waals surface area contributed by atoms with Crippen molar-refractivity contribution in [2.75, 3.05) is 26.9 Å². The van der Waals surface area contributed by atoms with Gasteiger partial charge in [0.2, 0.25) is 0 Å².